The van der Waals surface area contributed by atoms with Crippen LogP contribution >= 0.6 is 23.5 Å². The highest BCUT2D eigenvalue weighted by Gasteiger charge is 2.23. The van der Waals surface area contributed by atoms with Gasteiger partial charge in [-0.15, -0.1) is 23.5 Å². The molecule has 0 spiro atoms. The van der Waals surface area contributed by atoms with Gasteiger partial charge in [0.2, 0.25) is 0 Å². The van der Waals surface area contributed by atoms with Gasteiger partial charge in [0, 0.05) is 43.6 Å². The molecule has 0 aliphatic heterocycles. The number of hydrogen-bond donors (Lipinski definition) is 2. The van der Waals surface area contributed by atoms with Crippen molar-refractivity contribution in [2.45, 2.75) is 70.3 Å². The predicted octanol–water partition coefficient (Wildman–Crippen LogP) is 14.2. The number of aromatic hydroxyl groups is 2. The van der Waals surface area contributed by atoms with Gasteiger partial charge in [-0.1, -0.05) is 157 Å². The van der Waals surface area contributed by atoms with E-state index in [0.717, 1.165) is 61.3 Å². The number of rotatable bonds is 8. The van der Waals surface area contributed by atoms with Gasteiger partial charge in [0.25, 0.3) is 0 Å². The first-order chi connectivity index (χ1) is 25.4. The summed E-state index contributed by atoms with van der Waals surface area (Å²) in [6, 6.07) is 38.2. The number of phenolic OH excluding ortho intramolecular Hbond substituents is 2. The van der Waals surface area contributed by atoms with Crippen LogP contribution in [0.3, 0.4) is 0 Å². The highest BCUT2D eigenvalue weighted by atomic mass is 32.2. The molecule has 53 heavy (non-hydrogen) atoms. The molecular formula is C49H48O2S2. The fourth-order valence-electron chi connectivity index (χ4n) is 6.98. The highest BCUT2D eigenvalue weighted by molar-refractivity contribution is 8.06. The van der Waals surface area contributed by atoms with Crippen molar-refractivity contribution in [3.63, 3.8) is 0 Å². The molecule has 0 aromatic heterocycles. The van der Waals surface area contributed by atoms with Gasteiger partial charge in [-0.2, -0.15) is 0 Å². The molecule has 0 saturated heterocycles. The van der Waals surface area contributed by atoms with Crippen molar-refractivity contribution < 1.29 is 10.2 Å². The van der Waals surface area contributed by atoms with Crippen LogP contribution in [0.4, 0.5) is 0 Å². The van der Waals surface area contributed by atoms with Gasteiger partial charge in [0.05, 0.1) is 0 Å². The van der Waals surface area contributed by atoms with E-state index in [9.17, 15) is 10.2 Å². The second kappa shape index (κ2) is 15.0. The lowest BCUT2D eigenvalue weighted by Crippen LogP contribution is -2.12. The summed E-state index contributed by atoms with van der Waals surface area (Å²) >= 11 is 3.57. The molecule has 6 aromatic rings. The summed E-state index contributed by atoms with van der Waals surface area (Å²) in [5.41, 5.74) is 7.95. The average Bonchev–Trinajstić information content (AvgIpc) is 3.37. The van der Waals surface area contributed by atoms with E-state index in [-0.39, 0.29) is 10.8 Å². The summed E-state index contributed by atoms with van der Waals surface area (Å²) in [5.74, 6) is 1.97. The van der Waals surface area contributed by atoms with E-state index < -0.39 is 0 Å². The molecule has 268 valence electrons. The molecule has 0 unspecified atom stereocenters. The number of benzene rings is 6. The largest absolute Gasteiger partial charge is 0.507 e. The summed E-state index contributed by atoms with van der Waals surface area (Å²) in [4.78, 5) is 2.45. The molecule has 4 heteroatoms. The Labute approximate surface area is 323 Å². The number of hydrogen-bond acceptors (Lipinski definition) is 4. The Morgan fingerprint density at radius 3 is 1.51 bits per heavy atom. The van der Waals surface area contributed by atoms with E-state index in [1.54, 1.807) is 23.5 Å². The molecule has 0 fully saturated rings. The molecule has 0 heterocycles. The molecular weight excluding hydrogens is 685 g/mol. The molecule has 0 radical (unpaired) electrons. The lowest BCUT2D eigenvalue weighted by Gasteiger charge is -2.23. The summed E-state index contributed by atoms with van der Waals surface area (Å²) in [6.07, 6.45) is 9.43. The van der Waals surface area contributed by atoms with Crippen molar-refractivity contribution in [1.29, 1.82) is 0 Å². The first kappa shape index (κ1) is 36.7. The van der Waals surface area contributed by atoms with Gasteiger partial charge in [-0.25, -0.2) is 0 Å². The van der Waals surface area contributed by atoms with E-state index >= 15 is 0 Å². The maximum atomic E-state index is 11.9. The van der Waals surface area contributed by atoms with Crippen LogP contribution in [-0.4, -0.2) is 10.2 Å². The molecule has 0 saturated carbocycles. The fourth-order valence-corrected chi connectivity index (χ4v) is 9.25. The lowest BCUT2D eigenvalue weighted by atomic mass is 9.83. The Morgan fingerprint density at radius 2 is 1.00 bits per heavy atom. The van der Waals surface area contributed by atoms with Crippen LogP contribution in [0.2, 0.25) is 0 Å². The van der Waals surface area contributed by atoms with Crippen LogP contribution < -0.4 is 0 Å². The molecule has 0 amide bonds. The van der Waals surface area contributed by atoms with Crippen molar-refractivity contribution in [1.82, 2.24) is 0 Å². The molecule has 6 aromatic carbocycles. The third kappa shape index (κ3) is 7.86. The molecule has 0 atom stereocenters. The van der Waals surface area contributed by atoms with Gasteiger partial charge in [-0.3, -0.25) is 0 Å². The standard InChI is InChI=1S/C49H48O2S2/c1-48(2,3)36-26-34(46(50)42(28-36)40-22-14-18-32-16-10-12-20-38(32)40)30-52-44-24-8-7-9-25-45(44)53-31-35-27-37(49(4,5)6)29-43(47(35)51)41-23-15-19-33-17-11-13-21-39(33)41/h7-24,26-29,50-51H,25,30-31H2,1-6H3. The minimum Gasteiger partial charge on any atom is -0.507 e. The normalized spacial score (nSPS) is 13.6. The maximum Gasteiger partial charge on any atom is 0.127 e. The Hall–Kier alpha value is -4.64. The van der Waals surface area contributed by atoms with E-state index in [1.165, 1.54) is 20.9 Å². The zero-order valence-corrected chi connectivity index (χ0v) is 33.2. The summed E-state index contributed by atoms with van der Waals surface area (Å²) in [5, 5.41) is 28.4. The average molecular weight is 733 g/mol. The fraction of sp³-hybridized carbons (Fsp3) is 0.224. The zero-order chi connectivity index (χ0) is 37.3. The van der Waals surface area contributed by atoms with Gasteiger partial charge in [-0.05, 0) is 79.3 Å². The van der Waals surface area contributed by atoms with E-state index in [1.807, 2.05) is 0 Å². The lowest BCUT2D eigenvalue weighted by molar-refractivity contribution is 0.471. The Kier molecular flexibility index (Phi) is 10.4. The van der Waals surface area contributed by atoms with Crippen molar-refractivity contribution in [3.05, 3.63) is 166 Å². The topological polar surface area (TPSA) is 40.5 Å². The quantitative estimate of drug-likeness (QED) is 0.163. The Bertz CT molecular complexity index is 2410. The van der Waals surface area contributed by atoms with Gasteiger partial charge >= 0.3 is 0 Å². The van der Waals surface area contributed by atoms with Crippen molar-refractivity contribution >= 4 is 45.1 Å². The Morgan fingerprint density at radius 1 is 0.528 bits per heavy atom. The van der Waals surface area contributed by atoms with Crippen LogP contribution in [-0.2, 0) is 22.3 Å². The van der Waals surface area contributed by atoms with Crippen LogP contribution in [0.5, 0.6) is 11.5 Å². The minimum atomic E-state index is -0.0899. The number of thioether (sulfide) groups is 2. The highest BCUT2D eigenvalue weighted by Crippen LogP contribution is 2.45. The van der Waals surface area contributed by atoms with Crippen LogP contribution in [0.15, 0.2) is 143 Å². The predicted molar refractivity (Wildman–Crippen MR) is 232 cm³/mol. The van der Waals surface area contributed by atoms with Crippen molar-refractivity contribution in [2.24, 2.45) is 0 Å². The minimum absolute atomic E-state index is 0.0883. The van der Waals surface area contributed by atoms with Crippen LogP contribution in [0.25, 0.3) is 43.8 Å². The molecule has 2 N–H and O–H groups in total. The van der Waals surface area contributed by atoms with Gasteiger partial charge in [0.1, 0.15) is 11.5 Å². The third-order valence-corrected chi connectivity index (χ3v) is 12.6. The third-order valence-electron chi connectivity index (χ3n) is 10.1. The molecule has 0 bridgehead atoms. The monoisotopic (exact) mass is 732 g/mol. The summed E-state index contributed by atoms with van der Waals surface area (Å²) in [7, 11) is 0. The van der Waals surface area contributed by atoms with E-state index in [0.29, 0.717) is 23.0 Å². The summed E-state index contributed by atoms with van der Waals surface area (Å²) in [6.45, 7) is 13.4. The smallest absolute Gasteiger partial charge is 0.127 e. The van der Waals surface area contributed by atoms with Crippen LogP contribution in [0, 0.1) is 0 Å². The van der Waals surface area contributed by atoms with E-state index in [2.05, 4.69) is 175 Å². The first-order valence-corrected chi connectivity index (χ1v) is 20.4. The molecule has 2 nitrogen and oxygen atoms in total. The van der Waals surface area contributed by atoms with Gasteiger partial charge < -0.3 is 10.2 Å². The van der Waals surface area contributed by atoms with Gasteiger partial charge in [0.15, 0.2) is 0 Å². The molecule has 1 aliphatic carbocycles. The van der Waals surface area contributed by atoms with Crippen molar-refractivity contribution in [3.8, 4) is 33.8 Å². The Balaban J connectivity index is 1.23. The zero-order valence-electron chi connectivity index (χ0n) is 31.5. The van der Waals surface area contributed by atoms with E-state index in [4.69, 9.17) is 0 Å². The first-order valence-electron chi connectivity index (χ1n) is 18.4. The molecule has 7 rings (SSSR count). The SMILES string of the molecule is CC(C)(C)c1cc(CSC2=C(SCc3cc(C(C)(C)C)cc(-c4cccc5ccccc45)c3O)CC=CC=C2)c(O)c(-c2cccc3ccccc23)c1. The number of allylic oxidation sites excluding steroid dienone is 5. The second-order valence-electron chi connectivity index (χ2n) is 16.0. The number of phenols is 2. The molecule has 1 aliphatic rings. The number of fused-ring (bicyclic) bond motifs is 2. The second-order valence-corrected chi connectivity index (χ2v) is 18.1. The maximum absolute atomic E-state index is 11.9. The van der Waals surface area contributed by atoms with Crippen molar-refractivity contribution in [2.75, 3.05) is 0 Å². The summed E-state index contributed by atoms with van der Waals surface area (Å²) < 4.78 is 0. The van der Waals surface area contributed by atoms with Crippen LogP contribution in [0.1, 0.15) is 70.2 Å².